The molecule has 0 bridgehead atoms. The van der Waals surface area contributed by atoms with Gasteiger partial charge in [0.15, 0.2) is 0 Å². The number of aryl methyl sites for hydroxylation is 1. The van der Waals surface area contributed by atoms with Gasteiger partial charge in [0.05, 0.1) is 13.7 Å². The maximum absolute atomic E-state index is 12.5. The molecule has 0 N–H and O–H groups in total. The quantitative estimate of drug-likeness (QED) is 0.661. The molecule has 4 nitrogen and oxygen atoms in total. The maximum Gasteiger partial charge on any atom is 0.342 e. The van der Waals surface area contributed by atoms with E-state index in [1.54, 1.807) is 14.0 Å². The molecule has 0 saturated heterocycles. The van der Waals surface area contributed by atoms with Gasteiger partial charge in [-0.1, -0.05) is 30.3 Å². The lowest BCUT2D eigenvalue weighted by Gasteiger charge is -2.04. The maximum atomic E-state index is 12.5. The summed E-state index contributed by atoms with van der Waals surface area (Å²) in [5.41, 5.74) is 2.86. The zero-order chi connectivity index (χ0) is 16.4. The van der Waals surface area contributed by atoms with E-state index in [2.05, 4.69) is 0 Å². The van der Waals surface area contributed by atoms with Crippen molar-refractivity contribution < 1.29 is 18.7 Å². The van der Waals surface area contributed by atoms with E-state index < -0.39 is 5.97 Å². The Hall–Kier alpha value is -2.75. The summed E-state index contributed by atoms with van der Waals surface area (Å²) in [6.45, 7) is 4.02. The van der Waals surface area contributed by atoms with Gasteiger partial charge in [0, 0.05) is 10.9 Å². The summed E-state index contributed by atoms with van der Waals surface area (Å²) in [5.74, 6) is 0.814. The molecule has 2 aromatic carbocycles. The number of esters is 1. The van der Waals surface area contributed by atoms with Crippen LogP contribution in [0.5, 0.6) is 5.75 Å². The van der Waals surface area contributed by atoms with E-state index in [9.17, 15) is 4.79 Å². The van der Waals surface area contributed by atoms with Crippen molar-refractivity contribution in [2.75, 3.05) is 13.7 Å². The van der Waals surface area contributed by atoms with Crippen molar-refractivity contribution in [2.24, 2.45) is 0 Å². The Morgan fingerprint density at radius 2 is 1.91 bits per heavy atom. The number of fused-ring (bicyclic) bond motifs is 1. The molecule has 118 valence electrons. The van der Waals surface area contributed by atoms with Crippen molar-refractivity contribution in [2.45, 2.75) is 13.8 Å². The van der Waals surface area contributed by atoms with Gasteiger partial charge in [-0.2, -0.15) is 0 Å². The van der Waals surface area contributed by atoms with Crippen LogP contribution in [0.25, 0.3) is 22.3 Å². The van der Waals surface area contributed by atoms with Gasteiger partial charge in [-0.05, 0) is 31.5 Å². The van der Waals surface area contributed by atoms with E-state index in [0.717, 1.165) is 11.1 Å². The lowest BCUT2D eigenvalue weighted by molar-refractivity contribution is 0.0529. The molecule has 0 aliphatic heterocycles. The van der Waals surface area contributed by atoms with Crippen LogP contribution in [0.1, 0.15) is 22.8 Å². The van der Waals surface area contributed by atoms with Crippen molar-refractivity contribution in [3.8, 4) is 17.1 Å². The van der Waals surface area contributed by atoms with Gasteiger partial charge in [-0.15, -0.1) is 0 Å². The van der Waals surface area contributed by atoms with Crippen molar-refractivity contribution in [1.29, 1.82) is 0 Å². The summed E-state index contributed by atoms with van der Waals surface area (Å²) in [5, 5.41) is 0.708. The molecule has 0 aliphatic rings. The summed E-state index contributed by atoms with van der Waals surface area (Å²) in [7, 11) is 1.60. The van der Waals surface area contributed by atoms with E-state index in [1.807, 2.05) is 49.4 Å². The van der Waals surface area contributed by atoms with Crippen LogP contribution in [0, 0.1) is 6.92 Å². The van der Waals surface area contributed by atoms with E-state index in [1.165, 1.54) is 0 Å². The Kier molecular flexibility index (Phi) is 4.06. The molecule has 0 unspecified atom stereocenters. The molecule has 0 atom stereocenters. The largest absolute Gasteiger partial charge is 0.497 e. The van der Waals surface area contributed by atoms with Crippen molar-refractivity contribution >= 4 is 16.9 Å². The molecule has 1 heterocycles. The van der Waals surface area contributed by atoms with Crippen LogP contribution in [0.2, 0.25) is 0 Å². The monoisotopic (exact) mass is 310 g/mol. The van der Waals surface area contributed by atoms with Gasteiger partial charge in [-0.3, -0.25) is 0 Å². The third-order valence-corrected chi connectivity index (χ3v) is 3.70. The van der Waals surface area contributed by atoms with Gasteiger partial charge < -0.3 is 13.9 Å². The highest BCUT2D eigenvalue weighted by Gasteiger charge is 2.24. The lowest BCUT2D eigenvalue weighted by atomic mass is 10.0. The first-order valence-corrected chi connectivity index (χ1v) is 7.49. The van der Waals surface area contributed by atoms with E-state index in [0.29, 0.717) is 34.6 Å². The molecule has 0 fully saturated rings. The van der Waals surface area contributed by atoms with Gasteiger partial charge in [0.2, 0.25) is 0 Å². The molecule has 1 aromatic heterocycles. The third kappa shape index (κ3) is 2.68. The van der Waals surface area contributed by atoms with Crippen LogP contribution in [-0.4, -0.2) is 19.7 Å². The van der Waals surface area contributed by atoms with Crippen LogP contribution in [0.4, 0.5) is 0 Å². The second-order valence-electron chi connectivity index (χ2n) is 5.21. The molecular formula is C19H18O4. The zero-order valence-corrected chi connectivity index (χ0v) is 13.4. The first kappa shape index (κ1) is 15.2. The first-order chi connectivity index (χ1) is 11.2. The number of carbonyl (C=O) groups is 1. The molecule has 0 radical (unpaired) electrons. The molecule has 3 aromatic rings. The fraction of sp³-hybridized carbons (Fsp3) is 0.211. The smallest absolute Gasteiger partial charge is 0.342 e. The van der Waals surface area contributed by atoms with Crippen LogP contribution < -0.4 is 4.74 Å². The van der Waals surface area contributed by atoms with Crippen LogP contribution in [0.3, 0.4) is 0 Å². The second-order valence-corrected chi connectivity index (χ2v) is 5.21. The Bertz CT molecular complexity index is 847. The fourth-order valence-corrected chi connectivity index (χ4v) is 2.65. The fourth-order valence-electron chi connectivity index (χ4n) is 2.65. The molecule has 0 saturated carbocycles. The topological polar surface area (TPSA) is 48.7 Å². The molecule has 23 heavy (non-hydrogen) atoms. The lowest BCUT2D eigenvalue weighted by Crippen LogP contribution is -2.05. The van der Waals surface area contributed by atoms with E-state index in [-0.39, 0.29) is 0 Å². The Morgan fingerprint density at radius 1 is 1.17 bits per heavy atom. The minimum Gasteiger partial charge on any atom is -0.497 e. The number of rotatable bonds is 4. The normalized spacial score (nSPS) is 10.7. The van der Waals surface area contributed by atoms with E-state index in [4.69, 9.17) is 13.9 Å². The van der Waals surface area contributed by atoms with Crippen molar-refractivity contribution in [3.05, 3.63) is 53.6 Å². The number of carbonyl (C=O) groups excluding carboxylic acids is 1. The summed E-state index contributed by atoms with van der Waals surface area (Å²) in [4.78, 5) is 12.5. The molecular weight excluding hydrogens is 292 g/mol. The minimum absolute atomic E-state index is 0.308. The third-order valence-electron chi connectivity index (χ3n) is 3.70. The molecule has 0 aliphatic carbocycles. The van der Waals surface area contributed by atoms with Crippen LogP contribution in [-0.2, 0) is 4.74 Å². The number of methoxy groups -OCH3 is 1. The van der Waals surface area contributed by atoms with Crippen LogP contribution >= 0.6 is 0 Å². The molecule has 3 rings (SSSR count). The van der Waals surface area contributed by atoms with Crippen LogP contribution in [0.15, 0.2) is 46.9 Å². The summed E-state index contributed by atoms with van der Waals surface area (Å²) in [6, 6.07) is 13.3. The number of furan rings is 1. The highest BCUT2D eigenvalue weighted by atomic mass is 16.5. The summed E-state index contributed by atoms with van der Waals surface area (Å²) >= 11 is 0. The number of hydrogen-bond acceptors (Lipinski definition) is 4. The van der Waals surface area contributed by atoms with Gasteiger partial charge in [-0.25, -0.2) is 4.79 Å². The predicted molar refractivity (Wildman–Crippen MR) is 88.9 cm³/mol. The van der Waals surface area contributed by atoms with Crippen molar-refractivity contribution in [1.82, 2.24) is 0 Å². The van der Waals surface area contributed by atoms with Gasteiger partial charge >= 0.3 is 5.97 Å². The average Bonchev–Trinajstić information content (AvgIpc) is 2.96. The Morgan fingerprint density at radius 3 is 2.57 bits per heavy atom. The van der Waals surface area contributed by atoms with Crippen molar-refractivity contribution in [3.63, 3.8) is 0 Å². The second kappa shape index (κ2) is 6.16. The summed E-state index contributed by atoms with van der Waals surface area (Å²) in [6.07, 6.45) is 0. The molecule has 0 spiro atoms. The average molecular weight is 310 g/mol. The standard InChI is InChI=1S/C19H18O4/c1-4-22-19(20)16-15-11-14(21-3)10-12(2)17(15)23-18(16)13-8-6-5-7-9-13/h5-11H,4H2,1-3H3. The highest BCUT2D eigenvalue weighted by Crippen LogP contribution is 2.37. The molecule has 0 amide bonds. The number of benzene rings is 2. The summed E-state index contributed by atoms with van der Waals surface area (Å²) < 4.78 is 16.6. The number of ether oxygens (including phenoxy) is 2. The first-order valence-electron chi connectivity index (χ1n) is 7.49. The Balaban J connectivity index is 2.32. The SMILES string of the molecule is CCOC(=O)c1c(-c2ccccc2)oc2c(C)cc(OC)cc12. The van der Waals surface area contributed by atoms with Gasteiger partial charge in [0.25, 0.3) is 0 Å². The zero-order valence-electron chi connectivity index (χ0n) is 13.4. The number of hydrogen-bond donors (Lipinski definition) is 0. The highest BCUT2D eigenvalue weighted by molar-refractivity contribution is 6.09. The van der Waals surface area contributed by atoms with Gasteiger partial charge in [0.1, 0.15) is 22.7 Å². The minimum atomic E-state index is -0.391. The Labute approximate surface area is 134 Å². The predicted octanol–water partition coefficient (Wildman–Crippen LogP) is 4.59. The molecule has 4 heteroatoms. The van der Waals surface area contributed by atoms with E-state index >= 15 is 0 Å².